The number of likely N-dealkylation sites (tertiary alicyclic amines) is 1. The first kappa shape index (κ1) is 12.1. The SMILES string of the molecule is CC1(C)CN(C(C)(C(=O)O)c2ccccc2)C1. The molecule has 2 rings (SSSR count). The van der Waals surface area contributed by atoms with Crippen LogP contribution in [0.3, 0.4) is 0 Å². The average Bonchev–Trinajstić information content (AvgIpc) is 2.25. The summed E-state index contributed by atoms with van der Waals surface area (Å²) in [5, 5.41) is 9.55. The maximum Gasteiger partial charge on any atom is 0.328 e. The van der Waals surface area contributed by atoms with E-state index in [4.69, 9.17) is 0 Å². The Morgan fingerprint density at radius 3 is 2.24 bits per heavy atom. The van der Waals surface area contributed by atoms with Crippen LogP contribution in [-0.2, 0) is 10.3 Å². The second-order valence-corrected chi connectivity index (χ2v) is 5.76. The monoisotopic (exact) mass is 233 g/mol. The number of carboxylic acids is 1. The van der Waals surface area contributed by atoms with Gasteiger partial charge < -0.3 is 5.11 Å². The summed E-state index contributed by atoms with van der Waals surface area (Å²) in [5.41, 5.74) is 0.172. The summed E-state index contributed by atoms with van der Waals surface area (Å²) >= 11 is 0. The zero-order valence-corrected chi connectivity index (χ0v) is 10.6. The van der Waals surface area contributed by atoms with Crippen LogP contribution in [0, 0.1) is 5.41 Å². The van der Waals surface area contributed by atoms with Crippen LogP contribution in [0.4, 0.5) is 0 Å². The van der Waals surface area contributed by atoms with Gasteiger partial charge in [0.25, 0.3) is 0 Å². The quantitative estimate of drug-likeness (QED) is 0.871. The van der Waals surface area contributed by atoms with Crippen molar-refractivity contribution in [2.75, 3.05) is 13.1 Å². The van der Waals surface area contributed by atoms with Crippen LogP contribution in [0.25, 0.3) is 0 Å². The fourth-order valence-electron chi connectivity index (χ4n) is 2.51. The fourth-order valence-corrected chi connectivity index (χ4v) is 2.51. The highest BCUT2D eigenvalue weighted by Crippen LogP contribution is 2.40. The number of rotatable bonds is 3. The Morgan fingerprint density at radius 1 is 1.29 bits per heavy atom. The summed E-state index contributed by atoms with van der Waals surface area (Å²) in [5.74, 6) is -0.779. The molecule has 1 saturated heterocycles. The third kappa shape index (κ3) is 1.95. The summed E-state index contributed by atoms with van der Waals surface area (Å²) in [6.45, 7) is 7.77. The highest BCUT2D eigenvalue weighted by molar-refractivity contribution is 5.80. The van der Waals surface area contributed by atoms with Gasteiger partial charge in [-0.1, -0.05) is 44.2 Å². The fraction of sp³-hybridized carbons (Fsp3) is 0.500. The summed E-state index contributed by atoms with van der Waals surface area (Å²) in [4.78, 5) is 13.7. The van der Waals surface area contributed by atoms with Crippen molar-refractivity contribution in [2.24, 2.45) is 5.41 Å². The van der Waals surface area contributed by atoms with Crippen LogP contribution in [-0.4, -0.2) is 29.1 Å². The van der Waals surface area contributed by atoms with Crippen molar-refractivity contribution in [1.82, 2.24) is 4.90 Å². The summed E-state index contributed by atoms with van der Waals surface area (Å²) < 4.78 is 0. The molecule has 0 aromatic heterocycles. The molecule has 0 bridgehead atoms. The van der Waals surface area contributed by atoms with Crippen molar-refractivity contribution in [1.29, 1.82) is 0 Å². The van der Waals surface area contributed by atoms with Crippen LogP contribution in [0.2, 0.25) is 0 Å². The van der Waals surface area contributed by atoms with Gasteiger partial charge in [0.05, 0.1) is 0 Å². The molecule has 92 valence electrons. The number of aliphatic carboxylic acids is 1. The summed E-state index contributed by atoms with van der Waals surface area (Å²) in [7, 11) is 0. The van der Waals surface area contributed by atoms with E-state index in [2.05, 4.69) is 13.8 Å². The van der Waals surface area contributed by atoms with Crippen molar-refractivity contribution < 1.29 is 9.90 Å². The van der Waals surface area contributed by atoms with E-state index >= 15 is 0 Å². The first-order valence-electron chi connectivity index (χ1n) is 5.90. The Bertz CT molecular complexity index is 419. The molecule has 1 aromatic rings. The Morgan fingerprint density at radius 2 is 1.82 bits per heavy atom. The molecule has 1 atom stereocenters. The van der Waals surface area contributed by atoms with Crippen LogP contribution in [0.15, 0.2) is 30.3 Å². The molecule has 1 fully saturated rings. The predicted octanol–water partition coefficient (Wildman–Crippen LogP) is 2.33. The van der Waals surface area contributed by atoms with Crippen molar-refractivity contribution in [2.45, 2.75) is 26.3 Å². The molecule has 0 aliphatic carbocycles. The largest absolute Gasteiger partial charge is 0.480 e. The molecular weight excluding hydrogens is 214 g/mol. The second-order valence-electron chi connectivity index (χ2n) is 5.76. The lowest BCUT2D eigenvalue weighted by Gasteiger charge is -2.53. The zero-order valence-electron chi connectivity index (χ0n) is 10.6. The van der Waals surface area contributed by atoms with E-state index in [0.717, 1.165) is 18.7 Å². The van der Waals surface area contributed by atoms with E-state index in [9.17, 15) is 9.90 Å². The van der Waals surface area contributed by atoms with Gasteiger partial charge in [0, 0.05) is 13.1 Å². The molecule has 0 amide bonds. The molecule has 1 N–H and O–H groups in total. The van der Waals surface area contributed by atoms with E-state index in [0.29, 0.717) is 0 Å². The maximum atomic E-state index is 11.6. The van der Waals surface area contributed by atoms with Gasteiger partial charge >= 0.3 is 5.97 Å². The third-order valence-electron chi connectivity index (χ3n) is 3.62. The molecule has 1 heterocycles. The molecule has 3 nitrogen and oxygen atoms in total. The first-order valence-corrected chi connectivity index (χ1v) is 5.90. The molecular formula is C14H19NO2. The van der Waals surface area contributed by atoms with Gasteiger partial charge in [0.2, 0.25) is 0 Å². The minimum Gasteiger partial charge on any atom is -0.480 e. The van der Waals surface area contributed by atoms with Gasteiger partial charge in [0.15, 0.2) is 0 Å². The van der Waals surface area contributed by atoms with E-state index in [1.807, 2.05) is 35.2 Å². The Balaban J connectivity index is 2.32. The Kier molecular flexibility index (Phi) is 2.74. The van der Waals surface area contributed by atoms with Gasteiger partial charge in [-0.05, 0) is 17.9 Å². The van der Waals surface area contributed by atoms with Crippen LogP contribution >= 0.6 is 0 Å². The molecule has 3 heteroatoms. The molecule has 0 spiro atoms. The molecule has 0 saturated carbocycles. The number of carboxylic acid groups (broad SMARTS) is 1. The number of benzene rings is 1. The lowest BCUT2D eigenvalue weighted by Crippen LogP contribution is -2.63. The molecule has 1 aliphatic rings. The number of carbonyl (C=O) groups is 1. The highest BCUT2D eigenvalue weighted by atomic mass is 16.4. The summed E-state index contributed by atoms with van der Waals surface area (Å²) in [6.07, 6.45) is 0. The molecule has 1 aliphatic heterocycles. The van der Waals surface area contributed by atoms with Gasteiger partial charge in [-0.15, -0.1) is 0 Å². The highest BCUT2D eigenvalue weighted by Gasteiger charge is 2.49. The number of nitrogens with zero attached hydrogens (tertiary/aromatic N) is 1. The van der Waals surface area contributed by atoms with Crippen LogP contribution < -0.4 is 0 Å². The van der Waals surface area contributed by atoms with Gasteiger partial charge in [-0.3, -0.25) is 4.90 Å². The molecule has 1 unspecified atom stereocenters. The third-order valence-corrected chi connectivity index (χ3v) is 3.62. The lowest BCUT2D eigenvalue weighted by atomic mass is 9.77. The van der Waals surface area contributed by atoms with Crippen molar-refractivity contribution >= 4 is 5.97 Å². The zero-order chi connectivity index (χ0) is 12.7. The standard InChI is InChI=1S/C14H19NO2/c1-13(2)9-15(10-13)14(3,12(16)17)11-7-5-4-6-8-11/h4-8H,9-10H2,1-3H3,(H,16,17). The second kappa shape index (κ2) is 3.84. The van der Waals surface area contributed by atoms with Crippen molar-refractivity contribution in [3.8, 4) is 0 Å². The van der Waals surface area contributed by atoms with Crippen molar-refractivity contribution in [3.05, 3.63) is 35.9 Å². The van der Waals surface area contributed by atoms with E-state index < -0.39 is 11.5 Å². The van der Waals surface area contributed by atoms with E-state index in [-0.39, 0.29) is 5.41 Å². The average molecular weight is 233 g/mol. The number of hydrogen-bond donors (Lipinski definition) is 1. The van der Waals surface area contributed by atoms with Crippen molar-refractivity contribution in [3.63, 3.8) is 0 Å². The Hall–Kier alpha value is -1.35. The summed E-state index contributed by atoms with van der Waals surface area (Å²) in [6, 6.07) is 9.47. The maximum absolute atomic E-state index is 11.6. The first-order chi connectivity index (χ1) is 7.86. The topological polar surface area (TPSA) is 40.5 Å². The van der Waals surface area contributed by atoms with Crippen LogP contribution in [0.5, 0.6) is 0 Å². The smallest absolute Gasteiger partial charge is 0.328 e. The van der Waals surface area contributed by atoms with Gasteiger partial charge in [0.1, 0.15) is 5.54 Å². The lowest BCUT2D eigenvalue weighted by molar-refractivity contribution is -0.160. The minimum absolute atomic E-state index is 0.228. The molecule has 1 aromatic carbocycles. The van der Waals surface area contributed by atoms with E-state index in [1.54, 1.807) is 6.92 Å². The van der Waals surface area contributed by atoms with Gasteiger partial charge in [-0.25, -0.2) is 4.79 Å². The van der Waals surface area contributed by atoms with Gasteiger partial charge in [-0.2, -0.15) is 0 Å². The van der Waals surface area contributed by atoms with Crippen LogP contribution in [0.1, 0.15) is 26.3 Å². The molecule has 17 heavy (non-hydrogen) atoms. The normalized spacial score (nSPS) is 22.5. The minimum atomic E-state index is -0.906. The van der Waals surface area contributed by atoms with E-state index in [1.165, 1.54) is 0 Å². The Labute approximate surface area is 102 Å². The molecule has 0 radical (unpaired) electrons. The number of hydrogen-bond acceptors (Lipinski definition) is 2. The predicted molar refractivity (Wildman–Crippen MR) is 66.8 cm³/mol.